The molecule has 0 saturated carbocycles. The summed E-state index contributed by atoms with van der Waals surface area (Å²) in [7, 11) is 1.26. The molecule has 1 heterocycles. The highest BCUT2D eigenvalue weighted by Gasteiger charge is 2.04. The Hall–Kier alpha value is -1.23. The molecule has 1 aromatic rings. The first-order valence-corrected chi connectivity index (χ1v) is 3.39. The maximum Gasteiger partial charge on any atom is 0.316 e. The quantitative estimate of drug-likeness (QED) is 0.673. The molecule has 0 N–H and O–H groups in total. The molecule has 0 saturated heterocycles. The standard InChI is InChI=1S/C7H9FN2O2/c1-11-6(8)5-12-7-9-3-2-4-10-7/h2-4,6H,5H2,1H3. The van der Waals surface area contributed by atoms with E-state index in [4.69, 9.17) is 4.74 Å². The molecule has 0 aromatic carbocycles. The van der Waals surface area contributed by atoms with E-state index >= 15 is 0 Å². The van der Waals surface area contributed by atoms with E-state index in [1.54, 1.807) is 6.07 Å². The fourth-order valence-corrected chi connectivity index (χ4v) is 0.568. The molecule has 1 rings (SSSR count). The van der Waals surface area contributed by atoms with Crippen molar-refractivity contribution in [2.75, 3.05) is 13.7 Å². The number of nitrogens with zero attached hydrogens (tertiary/aromatic N) is 2. The third kappa shape index (κ3) is 2.79. The number of ether oxygens (including phenoxy) is 2. The van der Waals surface area contributed by atoms with Gasteiger partial charge in [0.2, 0.25) is 6.36 Å². The zero-order valence-corrected chi connectivity index (χ0v) is 6.61. The van der Waals surface area contributed by atoms with E-state index in [2.05, 4.69) is 14.7 Å². The number of methoxy groups -OCH3 is 1. The predicted molar refractivity (Wildman–Crippen MR) is 39.4 cm³/mol. The van der Waals surface area contributed by atoms with Gasteiger partial charge in [0.1, 0.15) is 6.61 Å². The zero-order chi connectivity index (χ0) is 8.81. The van der Waals surface area contributed by atoms with E-state index in [0.717, 1.165) is 0 Å². The summed E-state index contributed by atoms with van der Waals surface area (Å²) >= 11 is 0. The van der Waals surface area contributed by atoms with Gasteiger partial charge in [-0.25, -0.2) is 14.4 Å². The Morgan fingerprint density at radius 3 is 2.75 bits per heavy atom. The lowest BCUT2D eigenvalue weighted by Gasteiger charge is -2.05. The van der Waals surface area contributed by atoms with E-state index in [0.29, 0.717) is 0 Å². The van der Waals surface area contributed by atoms with E-state index < -0.39 is 6.36 Å². The van der Waals surface area contributed by atoms with Crippen LogP contribution in [0.15, 0.2) is 18.5 Å². The second kappa shape index (κ2) is 4.61. The Kier molecular flexibility index (Phi) is 3.40. The molecular weight excluding hydrogens is 163 g/mol. The molecule has 0 radical (unpaired) electrons. The monoisotopic (exact) mass is 172 g/mol. The SMILES string of the molecule is COC(F)COc1ncccn1. The van der Waals surface area contributed by atoms with Crippen LogP contribution in [-0.2, 0) is 4.74 Å². The number of hydrogen-bond acceptors (Lipinski definition) is 4. The maximum absolute atomic E-state index is 12.4. The highest BCUT2D eigenvalue weighted by Crippen LogP contribution is 1.99. The van der Waals surface area contributed by atoms with Gasteiger partial charge >= 0.3 is 6.01 Å². The summed E-state index contributed by atoms with van der Waals surface area (Å²) in [6.45, 7) is -0.194. The summed E-state index contributed by atoms with van der Waals surface area (Å²) < 4.78 is 21.6. The van der Waals surface area contributed by atoms with Crippen molar-refractivity contribution in [3.8, 4) is 6.01 Å². The van der Waals surface area contributed by atoms with Crippen LogP contribution in [0.5, 0.6) is 6.01 Å². The largest absolute Gasteiger partial charge is 0.458 e. The van der Waals surface area contributed by atoms with Crippen LogP contribution in [0.3, 0.4) is 0 Å². The van der Waals surface area contributed by atoms with Crippen LogP contribution in [0.25, 0.3) is 0 Å². The molecule has 5 heteroatoms. The predicted octanol–water partition coefficient (Wildman–Crippen LogP) is 0.797. The lowest BCUT2D eigenvalue weighted by molar-refractivity contribution is -0.0376. The molecule has 4 nitrogen and oxygen atoms in total. The minimum atomic E-state index is -1.44. The van der Waals surface area contributed by atoms with Gasteiger partial charge in [-0.3, -0.25) is 0 Å². The minimum absolute atomic E-state index is 0.150. The van der Waals surface area contributed by atoms with Gasteiger partial charge in [0.05, 0.1) is 0 Å². The molecular formula is C7H9FN2O2. The summed E-state index contributed by atoms with van der Waals surface area (Å²) in [5.41, 5.74) is 0. The first kappa shape index (κ1) is 8.86. The van der Waals surface area contributed by atoms with Gasteiger partial charge in [-0.1, -0.05) is 0 Å². The first-order chi connectivity index (χ1) is 5.83. The molecule has 0 amide bonds. The first-order valence-electron chi connectivity index (χ1n) is 3.39. The Balaban J connectivity index is 2.33. The number of rotatable bonds is 4. The fourth-order valence-electron chi connectivity index (χ4n) is 0.568. The van der Waals surface area contributed by atoms with Crippen molar-refractivity contribution in [1.29, 1.82) is 0 Å². The lowest BCUT2D eigenvalue weighted by Crippen LogP contribution is -2.15. The van der Waals surface area contributed by atoms with Crippen molar-refractivity contribution >= 4 is 0 Å². The summed E-state index contributed by atoms with van der Waals surface area (Å²) in [5, 5.41) is 0. The van der Waals surface area contributed by atoms with Crippen LogP contribution in [0.2, 0.25) is 0 Å². The molecule has 0 aliphatic heterocycles. The zero-order valence-electron chi connectivity index (χ0n) is 6.61. The van der Waals surface area contributed by atoms with Crippen molar-refractivity contribution < 1.29 is 13.9 Å². The molecule has 0 aliphatic rings. The van der Waals surface area contributed by atoms with Gasteiger partial charge in [0.25, 0.3) is 0 Å². The molecule has 1 unspecified atom stereocenters. The number of aromatic nitrogens is 2. The molecule has 0 spiro atoms. The summed E-state index contributed by atoms with van der Waals surface area (Å²) in [6, 6.07) is 1.80. The molecule has 1 aromatic heterocycles. The van der Waals surface area contributed by atoms with Crippen molar-refractivity contribution in [3.63, 3.8) is 0 Å². The van der Waals surface area contributed by atoms with Crippen LogP contribution >= 0.6 is 0 Å². The van der Waals surface area contributed by atoms with Gasteiger partial charge in [0, 0.05) is 19.5 Å². The van der Waals surface area contributed by atoms with Gasteiger partial charge in [-0.15, -0.1) is 0 Å². The Morgan fingerprint density at radius 1 is 1.50 bits per heavy atom. The van der Waals surface area contributed by atoms with Crippen LogP contribution in [0.1, 0.15) is 0 Å². The van der Waals surface area contributed by atoms with Crippen LogP contribution in [0, 0.1) is 0 Å². The van der Waals surface area contributed by atoms with Crippen molar-refractivity contribution in [1.82, 2.24) is 9.97 Å². The van der Waals surface area contributed by atoms with Gasteiger partial charge in [-0.2, -0.15) is 0 Å². The molecule has 0 fully saturated rings. The Labute approximate surface area is 69.4 Å². The fraction of sp³-hybridized carbons (Fsp3) is 0.429. The maximum atomic E-state index is 12.4. The van der Waals surface area contributed by atoms with E-state index in [1.165, 1.54) is 19.5 Å². The van der Waals surface area contributed by atoms with Crippen LogP contribution in [-0.4, -0.2) is 30.0 Å². The average Bonchev–Trinajstić information content (AvgIpc) is 2.16. The van der Waals surface area contributed by atoms with Crippen molar-refractivity contribution in [2.24, 2.45) is 0 Å². The summed E-state index contributed by atoms with van der Waals surface area (Å²) in [5.74, 6) is 0. The summed E-state index contributed by atoms with van der Waals surface area (Å²) in [4.78, 5) is 7.46. The van der Waals surface area contributed by atoms with Crippen LogP contribution in [0.4, 0.5) is 4.39 Å². The molecule has 0 bridgehead atoms. The van der Waals surface area contributed by atoms with Gasteiger partial charge in [-0.05, 0) is 6.07 Å². The summed E-state index contributed by atoms with van der Waals surface area (Å²) in [6.07, 6.45) is 1.60. The highest BCUT2D eigenvalue weighted by molar-refractivity contribution is 4.92. The Bertz CT molecular complexity index is 220. The second-order valence-electron chi connectivity index (χ2n) is 1.99. The Morgan fingerprint density at radius 2 is 2.17 bits per heavy atom. The number of hydrogen-bond donors (Lipinski definition) is 0. The highest BCUT2D eigenvalue weighted by atomic mass is 19.1. The van der Waals surface area contributed by atoms with E-state index in [9.17, 15) is 4.39 Å². The average molecular weight is 172 g/mol. The van der Waals surface area contributed by atoms with E-state index in [1.807, 2.05) is 0 Å². The van der Waals surface area contributed by atoms with Gasteiger partial charge in [0.15, 0.2) is 0 Å². The third-order valence-corrected chi connectivity index (χ3v) is 1.14. The normalized spacial score (nSPS) is 12.5. The second-order valence-corrected chi connectivity index (χ2v) is 1.99. The third-order valence-electron chi connectivity index (χ3n) is 1.14. The van der Waals surface area contributed by atoms with Crippen LogP contribution < -0.4 is 4.74 Å². The van der Waals surface area contributed by atoms with Gasteiger partial charge < -0.3 is 9.47 Å². The smallest absolute Gasteiger partial charge is 0.316 e. The molecule has 1 atom stereocenters. The van der Waals surface area contributed by atoms with E-state index in [-0.39, 0.29) is 12.6 Å². The minimum Gasteiger partial charge on any atom is -0.458 e. The lowest BCUT2D eigenvalue weighted by atomic mass is 10.7. The number of alkyl halides is 1. The number of halogens is 1. The molecule has 66 valence electrons. The molecule has 0 aliphatic carbocycles. The van der Waals surface area contributed by atoms with Crippen molar-refractivity contribution in [3.05, 3.63) is 18.5 Å². The molecule has 12 heavy (non-hydrogen) atoms. The van der Waals surface area contributed by atoms with Crippen molar-refractivity contribution in [2.45, 2.75) is 6.36 Å². The topological polar surface area (TPSA) is 44.2 Å².